The molecular formula is C23H30N2O. The van der Waals surface area contributed by atoms with Crippen LogP contribution in [0.3, 0.4) is 0 Å². The average Bonchev–Trinajstić information content (AvgIpc) is 3.43. The van der Waals surface area contributed by atoms with Crippen molar-refractivity contribution < 1.29 is 4.74 Å². The Balaban J connectivity index is 1.14. The molecular weight excluding hydrogens is 320 g/mol. The van der Waals surface area contributed by atoms with Gasteiger partial charge in [0.25, 0.3) is 0 Å². The lowest BCUT2D eigenvalue weighted by molar-refractivity contribution is 0.147. The van der Waals surface area contributed by atoms with Crippen LogP contribution in [-0.2, 0) is 0 Å². The molecule has 2 aromatic rings. The maximum Gasteiger partial charge on any atom is 0.213 e. The number of hydrogen-bond donors (Lipinski definition) is 0. The molecule has 3 heteroatoms. The van der Waals surface area contributed by atoms with Gasteiger partial charge in [-0.25, -0.2) is 4.98 Å². The highest BCUT2D eigenvalue weighted by molar-refractivity contribution is 5.25. The fraction of sp³-hybridized carbons (Fsp3) is 0.522. The molecule has 0 unspecified atom stereocenters. The molecule has 2 fully saturated rings. The summed E-state index contributed by atoms with van der Waals surface area (Å²) in [5.74, 6) is 3.44. The first-order valence-corrected chi connectivity index (χ1v) is 10.1. The summed E-state index contributed by atoms with van der Waals surface area (Å²) < 4.78 is 5.80. The molecule has 4 rings (SSSR count). The van der Waals surface area contributed by atoms with Crippen LogP contribution in [-0.4, -0.2) is 36.1 Å². The molecule has 1 saturated heterocycles. The SMILES string of the molecule is Cc1cccc(OCCN2CCC(C[C@@H]3C[C@H]3c3ccccc3)CC2)n1. The minimum Gasteiger partial charge on any atom is -0.476 e. The van der Waals surface area contributed by atoms with Gasteiger partial charge < -0.3 is 4.74 Å². The Morgan fingerprint density at radius 2 is 1.85 bits per heavy atom. The molecule has 1 aliphatic carbocycles. The second-order valence-electron chi connectivity index (χ2n) is 8.00. The molecule has 0 radical (unpaired) electrons. The summed E-state index contributed by atoms with van der Waals surface area (Å²) >= 11 is 0. The molecule has 0 bridgehead atoms. The number of pyridine rings is 1. The summed E-state index contributed by atoms with van der Waals surface area (Å²) in [6, 6.07) is 17.0. The van der Waals surface area contributed by atoms with Crippen LogP contribution in [0.2, 0.25) is 0 Å². The fourth-order valence-corrected chi connectivity index (χ4v) is 4.37. The minimum absolute atomic E-state index is 0.736. The first kappa shape index (κ1) is 17.5. The summed E-state index contributed by atoms with van der Waals surface area (Å²) in [5, 5.41) is 0. The summed E-state index contributed by atoms with van der Waals surface area (Å²) in [5.41, 5.74) is 2.56. The zero-order valence-corrected chi connectivity index (χ0v) is 15.8. The van der Waals surface area contributed by atoms with E-state index in [2.05, 4.69) is 40.2 Å². The number of nitrogens with zero attached hydrogens (tertiary/aromatic N) is 2. The molecule has 2 heterocycles. The third-order valence-electron chi connectivity index (χ3n) is 6.01. The number of hydrogen-bond acceptors (Lipinski definition) is 3. The standard InChI is InChI=1S/C23H30N2O/c1-18-6-5-9-23(24-18)26-15-14-25-12-10-19(11-13-25)16-21-17-22(21)20-7-3-2-4-8-20/h2-9,19,21-22H,10-17H2,1H3/t21-,22+/m1/s1. The van der Waals surface area contributed by atoms with Gasteiger partial charge in [0.15, 0.2) is 0 Å². The van der Waals surface area contributed by atoms with E-state index in [9.17, 15) is 0 Å². The highest BCUT2D eigenvalue weighted by Gasteiger charge is 2.39. The van der Waals surface area contributed by atoms with Crippen LogP contribution < -0.4 is 4.74 Å². The Kier molecular flexibility index (Phi) is 5.54. The van der Waals surface area contributed by atoms with E-state index in [1.54, 1.807) is 5.56 Å². The average molecular weight is 351 g/mol. The largest absolute Gasteiger partial charge is 0.476 e. The van der Waals surface area contributed by atoms with Crippen molar-refractivity contribution in [2.45, 2.75) is 38.5 Å². The first-order chi connectivity index (χ1) is 12.8. The molecule has 1 aromatic carbocycles. The number of piperidine rings is 1. The van der Waals surface area contributed by atoms with Gasteiger partial charge in [-0.05, 0) is 75.1 Å². The smallest absolute Gasteiger partial charge is 0.213 e. The van der Waals surface area contributed by atoms with Crippen LogP contribution in [0, 0.1) is 18.8 Å². The summed E-state index contributed by atoms with van der Waals surface area (Å²) in [6.45, 7) is 6.19. The molecule has 138 valence electrons. The third-order valence-corrected chi connectivity index (χ3v) is 6.01. The Hall–Kier alpha value is -1.87. The number of benzene rings is 1. The Morgan fingerprint density at radius 1 is 1.04 bits per heavy atom. The van der Waals surface area contributed by atoms with E-state index in [1.165, 1.54) is 38.8 Å². The van der Waals surface area contributed by atoms with E-state index in [1.807, 2.05) is 25.1 Å². The van der Waals surface area contributed by atoms with Gasteiger partial charge in [-0.2, -0.15) is 0 Å². The van der Waals surface area contributed by atoms with Gasteiger partial charge in [-0.1, -0.05) is 36.4 Å². The minimum atomic E-state index is 0.736. The van der Waals surface area contributed by atoms with E-state index in [0.717, 1.165) is 42.5 Å². The zero-order valence-electron chi connectivity index (χ0n) is 15.8. The number of ether oxygens (including phenoxy) is 1. The van der Waals surface area contributed by atoms with E-state index in [0.29, 0.717) is 0 Å². The Labute approximate surface area is 157 Å². The second-order valence-corrected chi connectivity index (χ2v) is 8.00. The van der Waals surface area contributed by atoms with E-state index < -0.39 is 0 Å². The van der Waals surface area contributed by atoms with Gasteiger partial charge >= 0.3 is 0 Å². The number of aromatic nitrogens is 1. The van der Waals surface area contributed by atoms with Crippen LogP contribution >= 0.6 is 0 Å². The third kappa shape index (κ3) is 4.64. The van der Waals surface area contributed by atoms with Crippen LogP contribution in [0.25, 0.3) is 0 Å². The highest BCUT2D eigenvalue weighted by atomic mass is 16.5. The van der Waals surface area contributed by atoms with Gasteiger partial charge in [0.05, 0.1) is 0 Å². The first-order valence-electron chi connectivity index (χ1n) is 10.1. The number of rotatable bonds is 7. The summed E-state index contributed by atoms with van der Waals surface area (Å²) in [7, 11) is 0. The summed E-state index contributed by atoms with van der Waals surface area (Å²) in [6.07, 6.45) is 5.53. The lowest BCUT2D eigenvalue weighted by atomic mass is 9.90. The lowest BCUT2D eigenvalue weighted by Gasteiger charge is -2.32. The van der Waals surface area contributed by atoms with Gasteiger partial charge in [-0.15, -0.1) is 0 Å². The van der Waals surface area contributed by atoms with Crippen molar-refractivity contribution in [3.8, 4) is 5.88 Å². The second kappa shape index (κ2) is 8.22. The topological polar surface area (TPSA) is 25.4 Å². The monoisotopic (exact) mass is 350 g/mol. The Morgan fingerprint density at radius 3 is 2.62 bits per heavy atom. The maximum absolute atomic E-state index is 5.80. The zero-order chi connectivity index (χ0) is 17.8. The summed E-state index contributed by atoms with van der Waals surface area (Å²) in [4.78, 5) is 6.95. The fourth-order valence-electron chi connectivity index (χ4n) is 4.37. The Bertz CT molecular complexity index is 694. The quantitative estimate of drug-likeness (QED) is 0.725. The predicted octanol–water partition coefficient (Wildman–Crippen LogP) is 4.67. The molecule has 0 spiro atoms. The van der Waals surface area contributed by atoms with E-state index in [-0.39, 0.29) is 0 Å². The molecule has 1 aliphatic heterocycles. The molecule has 1 saturated carbocycles. The van der Waals surface area contributed by atoms with Crippen molar-refractivity contribution in [1.82, 2.24) is 9.88 Å². The van der Waals surface area contributed by atoms with Gasteiger partial charge in [0.1, 0.15) is 6.61 Å². The van der Waals surface area contributed by atoms with Crippen molar-refractivity contribution in [2.24, 2.45) is 11.8 Å². The molecule has 0 amide bonds. The molecule has 2 aliphatic rings. The molecule has 3 nitrogen and oxygen atoms in total. The maximum atomic E-state index is 5.80. The molecule has 2 atom stereocenters. The van der Waals surface area contributed by atoms with Crippen molar-refractivity contribution in [2.75, 3.05) is 26.2 Å². The van der Waals surface area contributed by atoms with Gasteiger partial charge in [0.2, 0.25) is 5.88 Å². The van der Waals surface area contributed by atoms with Crippen LogP contribution in [0.5, 0.6) is 5.88 Å². The van der Waals surface area contributed by atoms with Gasteiger partial charge in [0, 0.05) is 18.3 Å². The number of likely N-dealkylation sites (tertiary alicyclic amines) is 1. The lowest BCUT2D eigenvalue weighted by Crippen LogP contribution is -2.36. The van der Waals surface area contributed by atoms with Crippen LogP contribution in [0.4, 0.5) is 0 Å². The van der Waals surface area contributed by atoms with Crippen molar-refractivity contribution >= 4 is 0 Å². The predicted molar refractivity (Wildman–Crippen MR) is 106 cm³/mol. The van der Waals surface area contributed by atoms with Crippen LogP contribution in [0.1, 0.15) is 42.9 Å². The number of aryl methyl sites for hydroxylation is 1. The highest BCUT2D eigenvalue weighted by Crippen LogP contribution is 2.51. The van der Waals surface area contributed by atoms with Crippen molar-refractivity contribution in [3.05, 3.63) is 59.8 Å². The van der Waals surface area contributed by atoms with E-state index >= 15 is 0 Å². The molecule has 1 aromatic heterocycles. The van der Waals surface area contributed by atoms with Crippen molar-refractivity contribution in [3.63, 3.8) is 0 Å². The van der Waals surface area contributed by atoms with Crippen LogP contribution in [0.15, 0.2) is 48.5 Å². The van der Waals surface area contributed by atoms with Crippen molar-refractivity contribution in [1.29, 1.82) is 0 Å². The normalized spacial score (nSPS) is 23.7. The van der Waals surface area contributed by atoms with Gasteiger partial charge in [-0.3, -0.25) is 4.90 Å². The molecule has 0 N–H and O–H groups in total. The molecule has 26 heavy (non-hydrogen) atoms. The van der Waals surface area contributed by atoms with E-state index in [4.69, 9.17) is 4.74 Å².